The van der Waals surface area contributed by atoms with Gasteiger partial charge in [-0.25, -0.2) is 4.79 Å². The normalized spacial score (nSPS) is 11.2. The summed E-state index contributed by atoms with van der Waals surface area (Å²) in [6.45, 7) is 3.77. The van der Waals surface area contributed by atoms with Crippen molar-refractivity contribution in [3.63, 3.8) is 0 Å². The van der Waals surface area contributed by atoms with Crippen molar-refractivity contribution in [2.45, 2.75) is 38.7 Å². The van der Waals surface area contributed by atoms with E-state index in [1.807, 2.05) is 0 Å². The molecule has 0 bridgehead atoms. The first-order chi connectivity index (χ1) is 5.48. The Kier molecular flexibility index (Phi) is 4.66. The lowest BCUT2D eigenvalue weighted by molar-refractivity contribution is 0.0365. The van der Waals surface area contributed by atoms with Crippen molar-refractivity contribution in [1.29, 1.82) is 0 Å². The highest BCUT2D eigenvalue weighted by atomic mass is 16.6. The van der Waals surface area contributed by atoms with Gasteiger partial charge in [-0.3, -0.25) is 0 Å². The summed E-state index contributed by atoms with van der Waals surface area (Å²) in [5.41, 5.74) is 4.36. The Labute approximate surface area is 72.7 Å². The van der Waals surface area contributed by atoms with Crippen LogP contribution in [0.2, 0.25) is 0 Å². The third-order valence-electron chi connectivity index (χ3n) is 1.56. The summed E-state index contributed by atoms with van der Waals surface area (Å²) >= 11 is 0. The number of amides is 1. The van der Waals surface area contributed by atoms with Crippen molar-refractivity contribution < 1.29 is 14.6 Å². The predicted octanol–water partition coefficient (Wildman–Crippen LogP) is 1.02. The van der Waals surface area contributed by atoms with Crippen LogP contribution in [0.3, 0.4) is 0 Å². The van der Waals surface area contributed by atoms with Crippen molar-refractivity contribution in [3.8, 4) is 0 Å². The van der Waals surface area contributed by atoms with Crippen LogP contribution in [0.5, 0.6) is 0 Å². The summed E-state index contributed by atoms with van der Waals surface area (Å²) in [7, 11) is 0. The van der Waals surface area contributed by atoms with Gasteiger partial charge in [0.15, 0.2) is 0 Å². The number of hydrogen-bond acceptors (Lipinski definition) is 3. The van der Waals surface area contributed by atoms with Crippen LogP contribution in [0.1, 0.15) is 33.1 Å². The fourth-order valence-electron chi connectivity index (χ4n) is 0.986. The highest BCUT2D eigenvalue weighted by Crippen LogP contribution is 2.17. The number of aliphatic hydroxyl groups is 1. The van der Waals surface area contributed by atoms with Crippen LogP contribution >= 0.6 is 0 Å². The molecule has 12 heavy (non-hydrogen) atoms. The second-order valence-electron chi connectivity index (χ2n) is 3.36. The van der Waals surface area contributed by atoms with Crippen molar-refractivity contribution >= 4 is 6.09 Å². The van der Waals surface area contributed by atoms with Gasteiger partial charge in [0.25, 0.3) is 0 Å². The Morgan fingerprint density at radius 1 is 1.50 bits per heavy atom. The number of ether oxygens (including phenoxy) is 1. The molecule has 0 aliphatic rings. The lowest BCUT2D eigenvalue weighted by Gasteiger charge is -2.23. The third kappa shape index (κ3) is 5.97. The van der Waals surface area contributed by atoms with Gasteiger partial charge >= 0.3 is 6.09 Å². The summed E-state index contributed by atoms with van der Waals surface area (Å²) in [4.78, 5) is 10.4. The van der Waals surface area contributed by atoms with Crippen molar-refractivity contribution in [3.05, 3.63) is 0 Å². The molecule has 0 heterocycles. The lowest BCUT2D eigenvalue weighted by atomic mass is 10.0. The van der Waals surface area contributed by atoms with Gasteiger partial charge in [0.05, 0.1) is 0 Å². The molecule has 0 radical (unpaired) electrons. The molecule has 0 aromatic heterocycles. The van der Waals surface area contributed by atoms with Crippen LogP contribution in [0.4, 0.5) is 4.79 Å². The molecular formula is C8H17NO3. The van der Waals surface area contributed by atoms with E-state index >= 15 is 0 Å². The standard InChI is InChI=1S/C8H17NO3/c1-8(2,12-7(9)11)5-3-4-6-10/h10H,3-6H2,1-2H3,(H2,9,11). The van der Waals surface area contributed by atoms with E-state index in [2.05, 4.69) is 0 Å². The molecule has 0 unspecified atom stereocenters. The van der Waals surface area contributed by atoms with E-state index < -0.39 is 11.7 Å². The fourth-order valence-corrected chi connectivity index (χ4v) is 0.986. The van der Waals surface area contributed by atoms with Crippen LogP contribution in [0.15, 0.2) is 0 Å². The quantitative estimate of drug-likeness (QED) is 0.613. The smallest absolute Gasteiger partial charge is 0.405 e. The number of carbonyl (C=O) groups excluding carboxylic acids is 1. The molecule has 0 saturated heterocycles. The van der Waals surface area contributed by atoms with Crippen LogP contribution in [0.25, 0.3) is 0 Å². The molecule has 3 N–H and O–H groups in total. The van der Waals surface area contributed by atoms with E-state index in [4.69, 9.17) is 15.6 Å². The number of rotatable bonds is 5. The maximum absolute atomic E-state index is 10.4. The first kappa shape index (κ1) is 11.2. The predicted molar refractivity (Wildman–Crippen MR) is 45.7 cm³/mol. The monoisotopic (exact) mass is 175 g/mol. The molecule has 4 nitrogen and oxygen atoms in total. The molecular weight excluding hydrogens is 158 g/mol. The van der Waals surface area contributed by atoms with Gasteiger partial charge in [0.2, 0.25) is 0 Å². The minimum absolute atomic E-state index is 0.173. The zero-order chi connectivity index (χ0) is 9.61. The Morgan fingerprint density at radius 3 is 2.50 bits per heavy atom. The third-order valence-corrected chi connectivity index (χ3v) is 1.56. The van der Waals surface area contributed by atoms with E-state index in [-0.39, 0.29) is 6.61 Å². The second-order valence-corrected chi connectivity index (χ2v) is 3.36. The summed E-state index contributed by atoms with van der Waals surface area (Å²) < 4.78 is 4.84. The maximum atomic E-state index is 10.4. The largest absolute Gasteiger partial charge is 0.444 e. The minimum Gasteiger partial charge on any atom is -0.444 e. The van der Waals surface area contributed by atoms with Gasteiger partial charge in [0, 0.05) is 6.61 Å². The summed E-state index contributed by atoms with van der Waals surface area (Å²) in [6, 6.07) is 0. The topological polar surface area (TPSA) is 72.6 Å². The average Bonchev–Trinajstić information content (AvgIpc) is 1.84. The summed E-state index contributed by atoms with van der Waals surface area (Å²) in [5.74, 6) is 0. The number of aliphatic hydroxyl groups excluding tert-OH is 1. The van der Waals surface area contributed by atoms with Gasteiger partial charge in [-0.1, -0.05) is 0 Å². The molecule has 0 spiro atoms. The molecule has 0 aliphatic carbocycles. The maximum Gasteiger partial charge on any atom is 0.405 e. The van der Waals surface area contributed by atoms with E-state index in [0.29, 0.717) is 0 Å². The SMILES string of the molecule is CC(C)(CCCCO)OC(N)=O. The molecule has 0 atom stereocenters. The molecule has 0 fully saturated rings. The van der Waals surface area contributed by atoms with Crippen molar-refractivity contribution in [2.24, 2.45) is 5.73 Å². The average molecular weight is 175 g/mol. The summed E-state index contributed by atoms with van der Waals surface area (Å²) in [5, 5.41) is 8.51. The van der Waals surface area contributed by atoms with Crippen LogP contribution in [0, 0.1) is 0 Å². The molecule has 0 aliphatic heterocycles. The summed E-state index contributed by atoms with van der Waals surface area (Å²) in [6.07, 6.45) is 1.53. The number of hydrogen-bond donors (Lipinski definition) is 2. The number of carbonyl (C=O) groups is 1. The fraction of sp³-hybridized carbons (Fsp3) is 0.875. The van der Waals surface area contributed by atoms with Gasteiger partial charge < -0.3 is 15.6 Å². The van der Waals surface area contributed by atoms with Crippen LogP contribution in [-0.4, -0.2) is 23.4 Å². The number of nitrogens with two attached hydrogens (primary N) is 1. The Balaban J connectivity index is 3.63. The van der Waals surface area contributed by atoms with Gasteiger partial charge in [-0.2, -0.15) is 0 Å². The van der Waals surface area contributed by atoms with Crippen molar-refractivity contribution in [2.75, 3.05) is 6.61 Å². The zero-order valence-electron chi connectivity index (χ0n) is 7.67. The lowest BCUT2D eigenvalue weighted by Crippen LogP contribution is -2.31. The zero-order valence-corrected chi connectivity index (χ0v) is 7.67. The van der Waals surface area contributed by atoms with E-state index in [1.54, 1.807) is 13.8 Å². The molecule has 4 heteroatoms. The highest BCUT2D eigenvalue weighted by molar-refractivity contribution is 5.65. The van der Waals surface area contributed by atoms with Gasteiger partial charge in [0.1, 0.15) is 5.60 Å². The minimum atomic E-state index is -0.746. The molecule has 0 rings (SSSR count). The van der Waals surface area contributed by atoms with E-state index in [0.717, 1.165) is 19.3 Å². The molecule has 72 valence electrons. The van der Waals surface area contributed by atoms with Crippen LogP contribution < -0.4 is 5.73 Å². The first-order valence-electron chi connectivity index (χ1n) is 4.07. The molecule has 0 saturated carbocycles. The van der Waals surface area contributed by atoms with E-state index in [1.165, 1.54) is 0 Å². The number of primary amides is 1. The Hall–Kier alpha value is -0.770. The Bertz CT molecular complexity index is 145. The van der Waals surface area contributed by atoms with Crippen molar-refractivity contribution in [1.82, 2.24) is 0 Å². The van der Waals surface area contributed by atoms with Gasteiger partial charge in [-0.05, 0) is 33.1 Å². The number of unbranched alkanes of at least 4 members (excludes halogenated alkanes) is 1. The second kappa shape index (κ2) is 4.98. The van der Waals surface area contributed by atoms with Crippen LogP contribution in [-0.2, 0) is 4.74 Å². The molecule has 0 aromatic rings. The first-order valence-corrected chi connectivity index (χ1v) is 4.07. The molecule has 0 aromatic carbocycles. The van der Waals surface area contributed by atoms with Gasteiger partial charge in [-0.15, -0.1) is 0 Å². The van der Waals surface area contributed by atoms with E-state index in [9.17, 15) is 4.79 Å². The molecule has 1 amide bonds. The highest BCUT2D eigenvalue weighted by Gasteiger charge is 2.20. The Morgan fingerprint density at radius 2 is 2.08 bits per heavy atom.